The summed E-state index contributed by atoms with van der Waals surface area (Å²) in [4.78, 5) is 26.3. The third-order valence-corrected chi connectivity index (χ3v) is 5.40. The van der Waals surface area contributed by atoms with Crippen LogP contribution in [-0.2, 0) is 11.0 Å². The fourth-order valence-corrected chi connectivity index (χ4v) is 3.19. The lowest BCUT2D eigenvalue weighted by molar-refractivity contribution is -0.137. The van der Waals surface area contributed by atoms with Gasteiger partial charge in [-0.05, 0) is 44.4 Å². The van der Waals surface area contributed by atoms with Crippen molar-refractivity contribution in [2.24, 2.45) is 5.41 Å². The first-order valence-electron chi connectivity index (χ1n) is 9.17. The predicted octanol–water partition coefficient (Wildman–Crippen LogP) is 4.41. The van der Waals surface area contributed by atoms with Gasteiger partial charge in [-0.1, -0.05) is 18.5 Å². The highest BCUT2D eigenvalue weighted by Crippen LogP contribution is 2.36. The second-order valence-electron chi connectivity index (χ2n) is 7.09. The number of urea groups is 1. The summed E-state index contributed by atoms with van der Waals surface area (Å²) >= 11 is 5.58. The van der Waals surface area contributed by atoms with Gasteiger partial charge in [-0.3, -0.25) is 4.79 Å². The molecule has 1 aromatic carbocycles. The van der Waals surface area contributed by atoms with Crippen molar-refractivity contribution in [1.82, 2.24) is 10.2 Å². The maximum Gasteiger partial charge on any atom is 0.417 e. The molecule has 0 unspecified atom stereocenters. The number of likely N-dealkylation sites (tertiary alicyclic amines) is 1. The van der Waals surface area contributed by atoms with Gasteiger partial charge in [0.1, 0.15) is 5.41 Å². The van der Waals surface area contributed by atoms with Crippen molar-refractivity contribution in [3.8, 4) is 6.07 Å². The van der Waals surface area contributed by atoms with Crippen LogP contribution in [0.5, 0.6) is 0 Å². The fraction of sp³-hybridized carbons (Fsp3) is 0.526. The quantitative estimate of drug-likeness (QED) is 0.741. The molecule has 1 aliphatic rings. The molecule has 1 aromatic rings. The lowest BCUT2D eigenvalue weighted by atomic mass is 9.78. The van der Waals surface area contributed by atoms with E-state index in [4.69, 9.17) is 11.6 Å². The van der Waals surface area contributed by atoms with Crippen LogP contribution in [0.3, 0.4) is 0 Å². The lowest BCUT2D eigenvalue weighted by Gasteiger charge is -2.36. The summed E-state index contributed by atoms with van der Waals surface area (Å²) in [6, 6.07) is 4.51. The molecule has 158 valence electrons. The van der Waals surface area contributed by atoms with Gasteiger partial charge in [0.05, 0.1) is 16.7 Å². The highest BCUT2D eigenvalue weighted by atomic mass is 35.5. The van der Waals surface area contributed by atoms with Crippen LogP contribution in [-0.4, -0.2) is 36.0 Å². The summed E-state index contributed by atoms with van der Waals surface area (Å²) in [7, 11) is 0. The first kappa shape index (κ1) is 22.8. The third-order valence-electron chi connectivity index (χ3n) is 5.07. The van der Waals surface area contributed by atoms with Crippen LogP contribution in [0.15, 0.2) is 18.2 Å². The molecule has 0 aromatic heterocycles. The molecule has 0 bridgehead atoms. The minimum atomic E-state index is -4.64. The van der Waals surface area contributed by atoms with Crippen LogP contribution in [0, 0.1) is 16.7 Å². The number of hydrogen-bond donors (Lipinski definition) is 2. The molecule has 0 spiro atoms. The number of carbonyl (C=O) groups excluding carboxylic acids is 2. The van der Waals surface area contributed by atoms with Gasteiger partial charge in [0.2, 0.25) is 5.91 Å². The molecule has 2 N–H and O–H groups in total. The van der Waals surface area contributed by atoms with Crippen molar-refractivity contribution >= 4 is 29.2 Å². The lowest BCUT2D eigenvalue weighted by Crippen LogP contribution is -2.51. The van der Waals surface area contributed by atoms with E-state index in [9.17, 15) is 28.0 Å². The van der Waals surface area contributed by atoms with Crippen LogP contribution in [0.25, 0.3) is 0 Å². The molecule has 1 atom stereocenters. The number of nitrogens with zero attached hydrogens (tertiary/aromatic N) is 2. The zero-order valence-electron chi connectivity index (χ0n) is 16.1. The number of alkyl halides is 3. The van der Waals surface area contributed by atoms with Crippen molar-refractivity contribution in [3.05, 3.63) is 28.8 Å². The minimum absolute atomic E-state index is 0.0432. The Kier molecular flexibility index (Phi) is 7.01. The van der Waals surface area contributed by atoms with E-state index < -0.39 is 28.2 Å². The topological polar surface area (TPSA) is 85.2 Å². The van der Waals surface area contributed by atoms with E-state index in [0.717, 1.165) is 18.6 Å². The monoisotopic (exact) mass is 430 g/mol. The Morgan fingerprint density at radius 3 is 2.48 bits per heavy atom. The number of benzene rings is 1. The maximum absolute atomic E-state index is 13.0. The largest absolute Gasteiger partial charge is 0.417 e. The van der Waals surface area contributed by atoms with Gasteiger partial charge in [0.15, 0.2) is 0 Å². The number of rotatable bonds is 4. The van der Waals surface area contributed by atoms with Gasteiger partial charge in [0.25, 0.3) is 0 Å². The van der Waals surface area contributed by atoms with Crippen molar-refractivity contribution in [2.75, 3.05) is 18.4 Å². The molecule has 2 rings (SSSR count). The molecule has 0 aliphatic carbocycles. The zero-order chi connectivity index (χ0) is 21.8. The molecular weight excluding hydrogens is 409 g/mol. The van der Waals surface area contributed by atoms with Crippen molar-refractivity contribution in [3.63, 3.8) is 0 Å². The van der Waals surface area contributed by atoms with Gasteiger partial charge in [0, 0.05) is 24.8 Å². The Hall–Kier alpha value is -2.47. The summed E-state index contributed by atoms with van der Waals surface area (Å²) in [5.74, 6) is -0.359. The third kappa shape index (κ3) is 5.32. The molecule has 6 nitrogen and oxygen atoms in total. The number of carbonyl (C=O) groups is 2. The van der Waals surface area contributed by atoms with E-state index in [1.54, 1.807) is 0 Å². The second kappa shape index (κ2) is 8.91. The Morgan fingerprint density at radius 2 is 1.97 bits per heavy atom. The number of nitrogens with one attached hydrogen (secondary N) is 2. The summed E-state index contributed by atoms with van der Waals surface area (Å²) < 4.78 is 38.9. The molecule has 1 aliphatic heterocycles. The maximum atomic E-state index is 13.0. The zero-order valence-corrected chi connectivity index (χ0v) is 16.8. The average Bonchev–Trinajstić information content (AvgIpc) is 2.68. The van der Waals surface area contributed by atoms with Gasteiger partial charge in [-0.25, -0.2) is 4.79 Å². The van der Waals surface area contributed by atoms with Crippen molar-refractivity contribution in [1.29, 1.82) is 5.26 Å². The summed E-state index contributed by atoms with van der Waals surface area (Å²) in [5.41, 5.74) is -2.30. The molecule has 0 saturated carbocycles. The Labute approximate surface area is 172 Å². The molecule has 29 heavy (non-hydrogen) atoms. The number of piperidine rings is 1. The highest BCUT2D eigenvalue weighted by molar-refractivity contribution is 6.31. The Bertz CT molecular complexity index is 815. The van der Waals surface area contributed by atoms with Crippen LogP contribution in [0.2, 0.25) is 5.02 Å². The summed E-state index contributed by atoms with van der Waals surface area (Å²) in [6.07, 6.45) is -3.62. The first-order chi connectivity index (χ1) is 13.5. The number of amides is 3. The van der Waals surface area contributed by atoms with Crippen molar-refractivity contribution < 1.29 is 22.8 Å². The second-order valence-corrected chi connectivity index (χ2v) is 7.49. The SMILES string of the molecule is CC[C@H](C)NC(=O)C1(C#N)CCN(C(=O)Nc2ccc(Cl)c(C(F)(F)F)c2)CC1. The predicted molar refractivity (Wildman–Crippen MR) is 102 cm³/mol. The van der Waals surface area contributed by atoms with Gasteiger partial charge < -0.3 is 15.5 Å². The van der Waals surface area contributed by atoms with E-state index in [-0.39, 0.29) is 43.6 Å². The Morgan fingerprint density at radius 1 is 1.34 bits per heavy atom. The molecule has 3 amide bonds. The molecule has 1 heterocycles. The van der Waals surface area contributed by atoms with Crippen LogP contribution >= 0.6 is 11.6 Å². The van der Waals surface area contributed by atoms with Crippen LogP contribution < -0.4 is 10.6 Å². The highest BCUT2D eigenvalue weighted by Gasteiger charge is 2.43. The number of nitriles is 1. The van der Waals surface area contributed by atoms with E-state index in [1.807, 2.05) is 13.8 Å². The van der Waals surface area contributed by atoms with Crippen LogP contribution in [0.1, 0.15) is 38.7 Å². The molecular formula is C19H22ClF3N4O2. The van der Waals surface area contributed by atoms with E-state index in [0.29, 0.717) is 0 Å². The van der Waals surface area contributed by atoms with Gasteiger partial charge in [-0.15, -0.1) is 0 Å². The van der Waals surface area contributed by atoms with E-state index >= 15 is 0 Å². The summed E-state index contributed by atoms with van der Waals surface area (Å²) in [5, 5.41) is 14.3. The van der Waals surface area contributed by atoms with E-state index in [1.165, 1.54) is 11.0 Å². The van der Waals surface area contributed by atoms with Gasteiger partial charge >= 0.3 is 12.2 Å². The Balaban J connectivity index is 2.03. The molecule has 1 fully saturated rings. The first-order valence-corrected chi connectivity index (χ1v) is 9.55. The summed E-state index contributed by atoms with van der Waals surface area (Å²) in [6.45, 7) is 4.02. The van der Waals surface area contributed by atoms with Gasteiger partial charge in [-0.2, -0.15) is 18.4 Å². The molecule has 1 saturated heterocycles. The fourth-order valence-electron chi connectivity index (χ4n) is 2.97. The van der Waals surface area contributed by atoms with Crippen molar-refractivity contribution in [2.45, 2.75) is 45.3 Å². The minimum Gasteiger partial charge on any atom is -0.352 e. The number of anilines is 1. The van der Waals surface area contributed by atoms with Crippen LogP contribution in [0.4, 0.5) is 23.7 Å². The average molecular weight is 431 g/mol. The molecule has 10 heteroatoms. The van der Waals surface area contributed by atoms with E-state index in [2.05, 4.69) is 16.7 Å². The smallest absolute Gasteiger partial charge is 0.352 e. The number of hydrogen-bond acceptors (Lipinski definition) is 3. The number of halogens is 4. The normalized spacial score (nSPS) is 17.2. The molecule has 0 radical (unpaired) electrons. The standard InChI is InChI=1S/C19H22ClF3N4O2/c1-3-12(2)25-16(28)18(11-24)6-8-27(9-7-18)17(29)26-13-4-5-15(20)14(10-13)19(21,22)23/h4-5,10,12H,3,6-9H2,1-2H3,(H,25,28)(H,26,29)/t12-/m0/s1.